The molecular weight excluding hydrogens is 388 g/mol. The Hall–Kier alpha value is -3.62. The highest BCUT2D eigenvalue weighted by atomic mass is 16.6. The number of benzene rings is 1. The van der Waals surface area contributed by atoms with Crippen molar-refractivity contribution in [2.75, 3.05) is 6.61 Å². The lowest BCUT2D eigenvalue weighted by Crippen LogP contribution is -2.15. The second-order valence-electron chi connectivity index (χ2n) is 7.16. The fourth-order valence-corrected chi connectivity index (χ4v) is 3.31. The van der Waals surface area contributed by atoms with E-state index in [2.05, 4.69) is 10.1 Å². The van der Waals surface area contributed by atoms with Crippen molar-refractivity contribution in [2.45, 2.75) is 40.5 Å². The standard InChI is InChI=1S/C21H22N4O5/c1-12-5-6-16(10-18(12)25(28)29)19(26)11-30-21(27)8-7-17-14(3)22-20-9-13(2)23-24(20)15(17)4/h5-6,9-10H,7-8,11H2,1-4H3. The fraction of sp³-hybridized carbons (Fsp3) is 0.333. The molecule has 0 N–H and O–H groups in total. The van der Waals surface area contributed by atoms with Gasteiger partial charge >= 0.3 is 5.97 Å². The SMILES string of the molecule is Cc1cc2nc(C)c(CCC(=O)OCC(=O)c3ccc(C)c([N+](=O)[O-])c3)c(C)n2n1. The highest BCUT2D eigenvalue weighted by Crippen LogP contribution is 2.20. The molecule has 9 nitrogen and oxygen atoms in total. The third-order valence-corrected chi connectivity index (χ3v) is 4.96. The maximum atomic E-state index is 12.2. The molecule has 0 unspecified atom stereocenters. The molecule has 156 valence electrons. The number of esters is 1. The van der Waals surface area contributed by atoms with Crippen LogP contribution < -0.4 is 0 Å². The van der Waals surface area contributed by atoms with Crippen molar-refractivity contribution in [2.24, 2.45) is 0 Å². The molecule has 3 rings (SSSR count). The van der Waals surface area contributed by atoms with Gasteiger partial charge in [-0.2, -0.15) is 5.10 Å². The number of aryl methyl sites for hydroxylation is 4. The van der Waals surface area contributed by atoms with Gasteiger partial charge in [0.25, 0.3) is 5.69 Å². The number of carbonyl (C=O) groups is 2. The van der Waals surface area contributed by atoms with Gasteiger partial charge in [-0.25, -0.2) is 9.50 Å². The van der Waals surface area contributed by atoms with Crippen molar-refractivity contribution < 1.29 is 19.2 Å². The summed E-state index contributed by atoms with van der Waals surface area (Å²) in [6, 6.07) is 6.07. The van der Waals surface area contributed by atoms with Crippen molar-refractivity contribution in [1.82, 2.24) is 14.6 Å². The minimum absolute atomic E-state index is 0.0798. The molecule has 1 aromatic carbocycles. The van der Waals surface area contributed by atoms with Gasteiger partial charge in [0.05, 0.1) is 10.6 Å². The first-order valence-corrected chi connectivity index (χ1v) is 9.43. The summed E-state index contributed by atoms with van der Waals surface area (Å²) in [4.78, 5) is 39.4. The molecule has 0 bridgehead atoms. The molecule has 3 aromatic rings. The van der Waals surface area contributed by atoms with Crippen LogP contribution in [0.3, 0.4) is 0 Å². The van der Waals surface area contributed by atoms with Crippen LogP contribution in [0.25, 0.3) is 5.65 Å². The van der Waals surface area contributed by atoms with Crippen LogP contribution in [-0.4, -0.2) is 37.9 Å². The number of aromatic nitrogens is 3. The van der Waals surface area contributed by atoms with Crippen molar-refractivity contribution in [3.05, 3.63) is 68.2 Å². The molecule has 30 heavy (non-hydrogen) atoms. The molecular formula is C21H22N4O5. The first-order valence-electron chi connectivity index (χ1n) is 9.43. The van der Waals surface area contributed by atoms with Gasteiger partial charge < -0.3 is 4.74 Å². The average Bonchev–Trinajstić information content (AvgIpc) is 3.06. The first kappa shape index (κ1) is 21.1. The summed E-state index contributed by atoms with van der Waals surface area (Å²) in [5.41, 5.74) is 4.69. The van der Waals surface area contributed by atoms with Gasteiger partial charge in [-0.3, -0.25) is 19.7 Å². The lowest BCUT2D eigenvalue weighted by atomic mass is 10.1. The molecule has 0 aliphatic heterocycles. The number of rotatable bonds is 7. The van der Waals surface area contributed by atoms with E-state index in [1.165, 1.54) is 18.2 Å². The molecule has 0 radical (unpaired) electrons. The largest absolute Gasteiger partial charge is 0.457 e. The third kappa shape index (κ3) is 4.35. The summed E-state index contributed by atoms with van der Waals surface area (Å²) >= 11 is 0. The minimum Gasteiger partial charge on any atom is -0.457 e. The van der Waals surface area contributed by atoms with E-state index in [9.17, 15) is 19.7 Å². The second-order valence-corrected chi connectivity index (χ2v) is 7.16. The van der Waals surface area contributed by atoms with Crippen LogP contribution in [0.2, 0.25) is 0 Å². The molecule has 9 heteroatoms. The molecule has 0 saturated carbocycles. The van der Waals surface area contributed by atoms with Crippen molar-refractivity contribution in [3.8, 4) is 0 Å². The average molecular weight is 410 g/mol. The fourth-order valence-electron chi connectivity index (χ4n) is 3.31. The summed E-state index contributed by atoms with van der Waals surface area (Å²) in [6.45, 7) is 6.81. The van der Waals surface area contributed by atoms with E-state index in [-0.39, 0.29) is 17.7 Å². The van der Waals surface area contributed by atoms with Crippen LogP contribution >= 0.6 is 0 Å². The number of hydrogen-bond donors (Lipinski definition) is 0. The van der Waals surface area contributed by atoms with Crippen LogP contribution in [-0.2, 0) is 16.0 Å². The Bertz CT molecular complexity index is 1170. The normalized spacial score (nSPS) is 10.9. The zero-order chi connectivity index (χ0) is 22.0. The van der Waals surface area contributed by atoms with Crippen LogP contribution in [0, 0.1) is 37.8 Å². The zero-order valence-electron chi connectivity index (χ0n) is 17.3. The van der Waals surface area contributed by atoms with Gasteiger partial charge in [-0.05, 0) is 39.7 Å². The highest BCUT2D eigenvalue weighted by Gasteiger charge is 2.17. The summed E-state index contributed by atoms with van der Waals surface area (Å²) in [7, 11) is 0. The predicted molar refractivity (Wildman–Crippen MR) is 109 cm³/mol. The Labute approximate surface area is 172 Å². The summed E-state index contributed by atoms with van der Waals surface area (Å²) < 4.78 is 6.83. The van der Waals surface area contributed by atoms with Gasteiger partial charge in [-0.1, -0.05) is 12.1 Å². The third-order valence-electron chi connectivity index (χ3n) is 4.96. The highest BCUT2D eigenvalue weighted by molar-refractivity contribution is 5.98. The number of nitrogens with zero attached hydrogens (tertiary/aromatic N) is 4. The number of ketones is 1. The van der Waals surface area contributed by atoms with Crippen molar-refractivity contribution >= 4 is 23.1 Å². The number of ether oxygens (including phenoxy) is 1. The first-order chi connectivity index (χ1) is 14.2. The lowest BCUT2D eigenvalue weighted by Gasteiger charge is -2.11. The Morgan fingerprint density at radius 2 is 1.90 bits per heavy atom. The predicted octanol–water partition coefficient (Wildman–Crippen LogP) is 3.23. The molecule has 0 spiro atoms. The number of fused-ring (bicyclic) bond motifs is 1. The van der Waals surface area contributed by atoms with E-state index in [4.69, 9.17) is 4.74 Å². The number of hydrogen-bond acceptors (Lipinski definition) is 7. The molecule has 2 aromatic heterocycles. The number of Topliss-reactive ketones (excluding diaryl/α,β-unsaturated/α-hetero) is 1. The van der Waals surface area contributed by atoms with Gasteiger partial charge in [0.2, 0.25) is 5.78 Å². The topological polar surface area (TPSA) is 117 Å². The van der Waals surface area contributed by atoms with E-state index >= 15 is 0 Å². The van der Waals surface area contributed by atoms with Gasteiger partial charge in [0.15, 0.2) is 12.3 Å². The summed E-state index contributed by atoms with van der Waals surface area (Å²) in [5.74, 6) is -1.02. The summed E-state index contributed by atoms with van der Waals surface area (Å²) in [5, 5.41) is 15.4. The van der Waals surface area contributed by atoms with Gasteiger partial charge in [0.1, 0.15) is 0 Å². The van der Waals surface area contributed by atoms with E-state index in [0.29, 0.717) is 12.0 Å². The molecule has 0 amide bonds. The Morgan fingerprint density at radius 3 is 2.60 bits per heavy atom. The number of nitro groups is 1. The van der Waals surface area contributed by atoms with Crippen LogP contribution in [0.1, 0.15) is 45.0 Å². The van der Waals surface area contributed by atoms with E-state index in [1.807, 2.05) is 26.8 Å². The molecule has 2 heterocycles. The Kier molecular flexibility index (Phi) is 5.91. The Morgan fingerprint density at radius 1 is 1.17 bits per heavy atom. The van der Waals surface area contributed by atoms with Gasteiger partial charge in [0, 0.05) is 41.1 Å². The quantitative estimate of drug-likeness (QED) is 0.254. The van der Waals surface area contributed by atoms with Crippen molar-refractivity contribution in [1.29, 1.82) is 0 Å². The Balaban J connectivity index is 1.62. The van der Waals surface area contributed by atoms with Crippen LogP contribution in [0.15, 0.2) is 24.3 Å². The maximum absolute atomic E-state index is 12.2. The molecule has 0 atom stereocenters. The van der Waals surface area contributed by atoms with Crippen LogP contribution in [0.4, 0.5) is 5.69 Å². The lowest BCUT2D eigenvalue weighted by molar-refractivity contribution is -0.385. The smallest absolute Gasteiger partial charge is 0.306 e. The number of carbonyl (C=O) groups excluding carboxylic acids is 2. The zero-order valence-corrected chi connectivity index (χ0v) is 17.3. The second kappa shape index (κ2) is 8.40. The molecule has 0 saturated heterocycles. The van der Waals surface area contributed by atoms with E-state index < -0.39 is 23.3 Å². The van der Waals surface area contributed by atoms with E-state index in [1.54, 1.807) is 11.4 Å². The molecule has 0 aliphatic carbocycles. The van der Waals surface area contributed by atoms with Gasteiger partial charge in [-0.15, -0.1) is 0 Å². The maximum Gasteiger partial charge on any atom is 0.306 e. The van der Waals surface area contributed by atoms with E-state index in [0.717, 1.165) is 28.3 Å². The number of nitro benzene ring substituents is 1. The summed E-state index contributed by atoms with van der Waals surface area (Å²) in [6.07, 6.45) is 0.485. The van der Waals surface area contributed by atoms with Crippen molar-refractivity contribution in [3.63, 3.8) is 0 Å². The molecule has 0 fully saturated rings. The monoisotopic (exact) mass is 410 g/mol. The molecule has 0 aliphatic rings. The van der Waals surface area contributed by atoms with Crippen LogP contribution in [0.5, 0.6) is 0 Å². The minimum atomic E-state index is -0.547.